The summed E-state index contributed by atoms with van der Waals surface area (Å²) in [5, 5.41) is 3.16. The predicted octanol–water partition coefficient (Wildman–Crippen LogP) is 1.88. The zero-order valence-electron chi connectivity index (χ0n) is 13.4. The largest absolute Gasteiger partial charge is 0.497 e. The molecule has 0 spiro atoms. The Hall–Kier alpha value is -1.46. The summed E-state index contributed by atoms with van der Waals surface area (Å²) in [6, 6.07) is 5.86. The van der Waals surface area contributed by atoms with Gasteiger partial charge in [0.15, 0.2) is 0 Å². The summed E-state index contributed by atoms with van der Waals surface area (Å²) in [7, 11) is 5.17. The van der Waals surface area contributed by atoms with Crippen LogP contribution in [-0.2, 0) is 11.2 Å². The second kappa shape index (κ2) is 8.86. The molecule has 1 atom stereocenters. The van der Waals surface area contributed by atoms with Crippen LogP contribution in [0, 0.1) is 0 Å². The van der Waals surface area contributed by atoms with Crippen molar-refractivity contribution in [3.8, 4) is 11.5 Å². The van der Waals surface area contributed by atoms with Crippen molar-refractivity contribution < 1.29 is 14.3 Å². The van der Waals surface area contributed by atoms with Crippen LogP contribution < -0.4 is 14.8 Å². The molecule has 0 bridgehead atoms. The van der Waals surface area contributed by atoms with E-state index in [1.165, 1.54) is 0 Å². The number of rotatable bonds is 6. The highest BCUT2D eigenvalue weighted by Gasteiger charge is 2.28. The van der Waals surface area contributed by atoms with E-state index in [-0.39, 0.29) is 18.3 Å². The second-order valence-electron chi connectivity index (χ2n) is 5.30. The number of hydrogen-bond donors (Lipinski definition) is 1. The van der Waals surface area contributed by atoms with E-state index in [2.05, 4.69) is 5.32 Å². The van der Waals surface area contributed by atoms with Gasteiger partial charge in [-0.2, -0.15) is 0 Å². The third-order valence-electron chi connectivity index (χ3n) is 3.97. The molecule has 2 rings (SSSR count). The van der Waals surface area contributed by atoms with Crippen molar-refractivity contribution in [1.82, 2.24) is 10.2 Å². The van der Waals surface area contributed by atoms with Crippen molar-refractivity contribution in [3.05, 3.63) is 23.8 Å². The van der Waals surface area contributed by atoms with Crippen molar-refractivity contribution in [2.24, 2.45) is 0 Å². The molecule has 1 unspecified atom stereocenters. The Bertz CT molecular complexity index is 496. The average molecular weight is 329 g/mol. The van der Waals surface area contributed by atoms with E-state index >= 15 is 0 Å². The highest BCUT2D eigenvalue weighted by molar-refractivity contribution is 5.85. The number of nitrogens with one attached hydrogen (secondary N) is 1. The minimum atomic E-state index is 0. The molecule has 1 N–H and O–H groups in total. The molecular weight excluding hydrogens is 304 g/mol. The molecule has 1 fully saturated rings. The highest BCUT2D eigenvalue weighted by Crippen LogP contribution is 2.26. The lowest BCUT2D eigenvalue weighted by molar-refractivity contribution is -0.131. The molecule has 1 aromatic carbocycles. The number of carbonyl (C=O) groups is 1. The first-order valence-electron chi connectivity index (χ1n) is 7.34. The quantitative estimate of drug-likeness (QED) is 0.866. The van der Waals surface area contributed by atoms with Crippen LogP contribution in [0.2, 0.25) is 0 Å². The topological polar surface area (TPSA) is 50.8 Å². The Balaban J connectivity index is 0.00000242. The van der Waals surface area contributed by atoms with E-state index in [0.29, 0.717) is 12.5 Å². The number of likely N-dealkylation sites (N-methyl/N-ethyl adjacent to an activating group) is 1. The van der Waals surface area contributed by atoms with Crippen molar-refractivity contribution in [2.75, 3.05) is 34.4 Å². The summed E-state index contributed by atoms with van der Waals surface area (Å²) in [5.74, 6) is 1.62. The summed E-state index contributed by atoms with van der Waals surface area (Å²) in [6.07, 6.45) is 2.50. The van der Waals surface area contributed by atoms with Gasteiger partial charge in [0.25, 0.3) is 0 Å². The highest BCUT2D eigenvalue weighted by atomic mass is 35.5. The number of benzene rings is 1. The van der Waals surface area contributed by atoms with Gasteiger partial charge in [-0.05, 0) is 38.1 Å². The van der Waals surface area contributed by atoms with Gasteiger partial charge in [-0.1, -0.05) is 0 Å². The maximum atomic E-state index is 12.6. The Labute approximate surface area is 138 Å². The molecule has 0 aliphatic carbocycles. The second-order valence-corrected chi connectivity index (χ2v) is 5.30. The van der Waals surface area contributed by atoms with Gasteiger partial charge in [-0.25, -0.2) is 0 Å². The maximum Gasteiger partial charge on any atom is 0.227 e. The normalized spacial score (nSPS) is 17.0. The molecule has 0 aromatic heterocycles. The molecule has 0 saturated carbocycles. The minimum absolute atomic E-state index is 0. The van der Waals surface area contributed by atoms with Gasteiger partial charge >= 0.3 is 0 Å². The van der Waals surface area contributed by atoms with Gasteiger partial charge in [0, 0.05) is 24.7 Å². The third-order valence-corrected chi connectivity index (χ3v) is 3.97. The van der Waals surface area contributed by atoms with Crippen LogP contribution >= 0.6 is 12.4 Å². The molecule has 1 heterocycles. The summed E-state index contributed by atoms with van der Waals surface area (Å²) in [5.41, 5.74) is 0.872. The fraction of sp³-hybridized carbons (Fsp3) is 0.562. The first-order chi connectivity index (χ1) is 10.2. The predicted molar refractivity (Wildman–Crippen MR) is 89.2 cm³/mol. The first-order valence-corrected chi connectivity index (χ1v) is 7.34. The van der Waals surface area contributed by atoms with E-state index in [4.69, 9.17) is 9.47 Å². The lowest BCUT2D eigenvalue weighted by atomic mass is 10.1. The van der Waals surface area contributed by atoms with Gasteiger partial charge in [-0.15, -0.1) is 12.4 Å². The molecule has 1 aromatic rings. The number of ether oxygens (including phenoxy) is 2. The zero-order chi connectivity index (χ0) is 15.2. The van der Waals surface area contributed by atoms with Crippen LogP contribution in [0.4, 0.5) is 0 Å². The molecule has 1 aliphatic rings. The zero-order valence-corrected chi connectivity index (χ0v) is 14.2. The molecule has 1 aliphatic heterocycles. The SMILES string of the molecule is CNCC1CCCN1C(=O)Cc1cc(OC)ccc1OC.Cl. The molecule has 1 amide bonds. The number of methoxy groups -OCH3 is 2. The number of halogens is 1. The standard InChI is InChI=1S/C16H24N2O3.ClH/c1-17-11-13-5-4-8-18(13)16(19)10-12-9-14(20-2)6-7-15(12)21-3;/h6-7,9,13,17H,4-5,8,10-11H2,1-3H3;1H. The lowest BCUT2D eigenvalue weighted by Gasteiger charge is -2.25. The van der Waals surface area contributed by atoms with Crippen molar-refractivity contribution >= 4 is 18.3 Å². The molecule has 124 valence electrons. The molecular formula is C16H25ClN2O3. The number of likely N-dealkylation sites (tertiary alicyclic amines) is 1. The van der Waals surface area contributed by atoms with Crippen LogP contribution in [0.25, 0.3) is 0 Å². The van der Waals surface area contributed by atoms with Gasteiger partial charge < -0.3 is 19.7 Å². The Morgan fingerprint density at radius 2 is 2.14 bits per heavy atom. The van der Waals surface area contributed by atoms with Crippen LogP contribution in [0.5, 0.6) is 11.5 Å². The number of hydrogen-bond acceptors (Lipinski definition) is 4. The van der Waals surface area contributed by atoms with Crippen LogP contribution in [0.15, 0.2) is 18.2 Å². The molecule has 6 heteroatoms. The fourth-order valence-electron chi connectivity index (χ4n) is 2.90. The monoisotopic (exact) mass is 328 g/mol. The van der Waals surface area contributed by atoms with Crippen molar-refractivity contribution in [3.63, 3.8) is 0 Å². The van der Waals surface area contributed by atoms with E-state index in [1.807, 2.05) is 30.1 Å². The lowest BCUT2D eigenvalue weighted by Crippen LogP contribution is -2.41. The van der Waals surface area contributed by atoms with Gasteiger partial charge in [0.1, 0.15) is 11.5 Å². The first kappa shape index (κ1) is 18.6. The Morgan fingerprint density at radius 3 is 2.77 bits per heavy atom. The van der Waals surface area contributed by atoms with Gasteiger partial charge in [0.05, 0.1) is 20.6 Å². The van der Waals surface area contributed by atoms with Crippen LogP contribution in [0.3, 0.4) is 0 Å². The average Bonchev–Trinajstić information content (AvgIpc) is 2.96. The summed E-state index contributed by atoms with van der Waals surface area (Å²) in [6.45, 7) is 1.69. The van der Waals surface area contributed by atoms with E-state index in [0.717, 1.165) is 43.0 Å². The number of carbonyl (C=O) groups excluding carboxylic acids is 1. The summed E-state index contributed by atoms with van der Waals surface area (Å²) >= 11 is 0. The van der Waals surface area contributed by atoms with Gasteiger partial charge in [0.2, 0.25) is 5.91 Å². The van der Waals surface area contributed by atoms with E-state index in [9.17, 15) is 4.79 Å². The Kier molecular flexibility index (Phi) is 7.48. The number of amides is 1. The molecule has 0 radical (unpaired) electrons. The Morgan fingerprint density at radius 1 is 1.36 bits per heavy atom. The van der Waals surface area contributed by atoms with Crippen molar-refractivity contribution in [2.45, 2.75) is 25.3 Å². The van der Waals surface area contributed by atoms with E-state index < -0.39 is 0 Å². The molecule has 1 saturated heterocycles. The van der Waals surface area contributed by atoms with Gasteiger partial charge in [-0.3, -0.25) is 4.79 Å². The van der Waals surface area contributed by atoms with Crippen molar-refractivity contribution in [1.29, 1.82) is 0 Å². The summed E-state index contributed by atoms with van der Waals surface area (Å²) in [4.78, 5) is 14.6. The fourth-order valence-corrected chi connectivity index (χ4v) is 2.90. The van der Waals surface area contributed by atoms with E-state index in [1.54, 1.807) is 14.2 Å². The molecule has 22 heavy (non-hydrogen) atoms. The molecule has 5 nitrogen and oxygen atoms in total. The van der Waals surface area contributed by atoms with Crippen LogP contribution in [0.1, 0.15) is 18.4 Å². The summed E-state index contributed by atoms with van der Waals surface area (Å²) < 4.78 is 10.6. The van der Waals surface area contributed by atoms with Crippen LogP contribution in [-0.4, -0.2) is 51.2 Å². The maximum absolute atomic E-state index is 12.6. The third kappa shape index (κ3) is 4.27. The minimum Gasteiger partial charge on any atom is -0.497 e. The number of nitrogens with zero attached hydrogens (tertiary/aromatic N) is 1. The smallest absolute Gasteiger partial charge is 0.227 e.